The third-order valence-electron chi connectivity index (χ3n) is 4.70. The van der Waals surface area contributed by atoms with Gasteiger partial charge in [-0.05, 0) is 31.5 Å². The van der Waals surface area contributed by atoms with Gasteiger partial charge in [-0.2, -0.15) is 0 Å². The number of amides is 1. The predicted molar refractivity (Wildman–Crippen MR) is 115 cm³/mol. The van der Waals surface area contributed by atoms with E-state index in [1.807, 2.05) is 6.92 Å². The third-order valence-corrected chi connectivity index (χ3v) is 4.70. The standard InChI is InChI=1S/C23H22N2O7/c1-4-7-19(26)31-12-14-11-24-13(2)20-16(14)10-17(23(29)32-20)21(27)25-18-9-6-5-8-15(18)22(28)30-3/h5-6,8-11H,4,7,12H2,1-3H3,(H,25,27). The Morgan fingerprint density at radius 1 is 1.16 bits per heavy atom. The molecule has 3 rings (SSSR count). The van der Waals surface area contributed by atoms with Gasteiger partial charge < -0.3 is 19.2 Å². The van der Waals surface area contributed by atoms with Crippen molar-refractivity contribution in [2.24, 2.45) is 0 Å². The molecule has 9 heteroatoms. The fourth-order valence-corrected chi connectivity index (χ4v) is 3.06. The molecule has 166 valence electrons. The van der Waals surface area contributed by atoms with Crippen molar-refractivity contribution in [1.29, 1.82) is 0 Å². The number of hydrogen-bond acceptors (Lipinski definition) is 8. The van der Waals surface area contributed by atoms with Crippen LogP contribution < -0.4 is 10.9 Å². The number of ether oxygens (including phenoxy) is 2. The highest BCUT2D eigenvalue weighted by Crippen LogP contribution is 2.23. The molecule has 0 fully saturated rings. The summed E-state index contributed by atoms with van der Waals surface area (Å²) in [5.74, 6) is -1.76. The van der Waals surface area contributed by atoms with Crippen LogP contribution in [0.3, 0.4) is 0 Å². The normalized spacial score (nSPS) is 10.6. The Labute approximate surface area is 183 Å². The number of esters is 2. The molecule has 2 heterocycles. The van der Waals surface area contributed by atoms with Crippen LogP contribution in [-0.2, 0) is 20.9 Å². The summed E-state index contributed by atoms with van der Waals surface area (Å²) in [5.41, 5.74) is 0.317. The van der Waals surface area contributed by atoms with E-state index in [4.69, 9.17) is 13.9 Å². The fraction of sp³-hybridized carbons (Fsp3) is 0.261. The molecule has 2 aromatic heterocycles. The summed E-state index contributed by atoms with van der Waals surface area (Å²) in [7, 11) is 1.23. The Kier molecular flexibility index (Phi) is 6.99. The molecular weight excluding hydrogens is 416 g/mol. The molecule has 0 radical (unpaired) electrons. The van der Waals surface area contributed by atoms with Crippen LogP contribution in [0.4, 0.5) is 5.69 Å². The van der Waals surface area contributed by atoms with Gasteiger partial charge in [-0.1, -0.05) is 19.1 Å². The summed E-state index contributed by atoms with van der Waals surface area (Å²) < 4.78 is 15.3. The number of carbonyl (C=O) groups is 3. The van der Waals surface area contributed by atoms with Gasteiger partial charge in [0.25, 0.3) is 5.91 Å². The van der Waals surface area contributed by atoms with E-state index in [0.717, 1.165) is 0 Å². The van der Waals surface area contributed by atoms with Crippen LogP contribution in [0.2, 0.25) is 0 Å². The molecule has 0 aliphatic carbocycles. The lowest BCUT2D eigenvalue weighted by Gasteiger charge is -2.11. The number of para-hydroxylation sites is 1. The number of aromatic nitrogens is 1. The lowest BCUT2D eigenvalue weighted by molar-refractivity contribution is -0.144. The first-order valence-corrected chi connectivity index (χ1v) is 9.92. The molecule has 1 N–H and O–H groups in total. The Balaban J connectivity index is 1.99. The highest BCUT2D eigenvalue weighted by Gasteiger charge is 2.20. The minimum absolute atomic E-state index is 0.0808. The van der Waals surface area contributed by atoms with Gasteiger partial charge in [-0.15, -0.1) is 0 Å². The van der Waals surface area contributed by atoms with Crippen molar-refractivity contribution in [3.05, 3.63) is 69.3 Å². The molecule has 0 bridgehead atoms. The second kappa shape index (κ2) is 9.86. The van der Waals surface area contributed by atoms with Gasteiger partial charge in [0.15, 0.2) is 5.58 Å². The molecule has 32 heavy (non-hydrogen) atoms. The van der Waals surface area contributed by atoms with Gasteiger partial charge >= 0.3 is 17.6 Å². The zero-order valence-corrected chi connectivity index (χ0v) is 17.9. The maximum atomic E-state index is 12.9. The number of benzene rings is 1. The minimum Gasteiger partial charge on any atom is -0.465 e. The van der Waals surface area contributed by atoms with Crippen LogP contribution >= 0.6 is 0 Å². The van der Waals surface area contributed by atoms with Gasteiger partial charge in [0.2, 0.25) is 0 Å². The molecule has 3 aromatic rings. The number of nitrogens with zero attached hydrogens (tertiary/aromatic N) is 1. The van der Waals surface area contributed by atoms with Crippen LogP contribution in [0, 0.1) is 6.92 Å². The molecule has 0 saturated carbocycles. The Morgan fingerprint density at radius 3 is 2.62 bits per heavy atom. The van der Waals surface area contributed by atoms with Crippen molar-refractivity contribution < 1.29 is 28.3 Å². The molecule has 0 aliphatic heterocycles. The maximum absolute atomic E-state index is 12.9. The Bertz CT molecular complexity index is 1250. The minimum atomic E-state index is -0.865. The van der Waals surface area contributed by atoms with Crippen molar-refractivity contribution in [1.82, 2.24) is 4.98 Å². The number of rotatable bonds is 7. The average molecular weight is 438 g/mol. The van der Waals surface area contributed by atoms with Crippen molar-refractivity contribution in [2.45, 2.75) is 33.3 Å². The number of methoxy groups -OCH3 is 1. The number of aryl methyl sites for hydroxylation is 1. The SMILES string of the molecule is CCCC(=O)OCc1cnc(C)c2oc(=O)c(C(=O)Nc3ccccc3C(=O)OC)cc12. The lowest BCUT2D eigenvalue weighted by atomic mass is 10.1. The van der Waals surface area contributed by atoms with Gasteiger partial charge in [0.1, 0.15) is 12.2 Å². The molecule has 9 nitrogen and oxygen atoms in total. The summed E-state index contributed by atoms with van der Waals surface area (Å²) in [6.45, 7) is 3.44. The van der Waals surface area contributed by atoms with E-state index in [9.17, 15) is 19.2 Å². The predicted octanol–water partition coefficient (Wildman–Crippen LogP) is 3.38. The van der Waals surface area contributed by atoms with E-state index < -0.39 is 17.5 Å². The number of carbonyl (C=O) groups excluding carboxylic acids is 3. The van der Waals surface area contributed by atoms with Crippen molar-refractivity contribution in [3.8, 4) is 0 Å². The van der Waals surface area contributed by atoms with Gasteiger partial charge in [-0.3, -0.25) is 14.6 Å². The molecule has 0 saturated heterocycles. The number of hydrogen-bond donors (Lipinski definition) is 1. The molecule has 0 spiro atoms. The Morgan fingerprint density at radius 2 is 1.91 bits per heavy atom. The van der Waals surface area contributed by atoms with Crippen LogP contribution in [0.15, 0.2) is 45.7 Å². The number of anilines is 1. The molecule has 1 aromatic carbocycles. The largest absolute Gasteiger partial charge is 0.465 e. The number of pyridine rings is 1. The topological polar surface area (TPSA) is 125 Å². The van der Waals surface area contributed by atoms with Crippen LogP contribution in [0.5, 0.6) is 0 Å². The van der Waals surface area contributed by atoms with E-state index in [2.05, 4.69) is 10.3 Å². The first kappa shape index (κ1) is 22.7. The number of fused-ring (bicyclic) bond motifs is 1. The first-order chi connectivity index (χ1) is 15.3. The van der Waals surface area contributed by atoms with Crippen LogP contribution in [0.25, 0.3) is 11.0 Å². The molecule has 0 aliphatic rings. The quantitative estimate of drug-likeness (QED) is 0.557. The number of nitrogens with one attached hydrogen (secondary N) is 1. The summed E-state index contributed by atoms with van der Waals surface area (Å²) in [6.07, 6.45) is 2.43. The van der Waals surface area contributed by atoms with Crippen molar-refractivity contribution >= 4 is 34.5 Å². The van der Waals surface area contributed by atoms with Crippen molar-refractivity contribution in [3.63, 3.8) is 0 Å². The van der Waals surface area contributed by atoms with E-state index in [-0.39, 0.29) is 41.4 Å². The Hall–Kier alpha value is -4.01. The third kappa shape index (κ3) is 4.83. The zero-order valence-electron chi connectivity index (χ0n) is 17.9. The summed E-state index contributed by atoms with van der Waals surface area (Å²) >= 11 is 0. The second-order valence-corrected chi connectivity index (χ2v) is 6.96. The maximum Gasteiger partial charge on any atom is 0.349 e. The average Bonchev–Trinajstić information content (AvgIpc) is 2.78. The molecule has 0 atom stereocenters. The van der Waals surface area contributed by atoms with Crippen LogP contribution in [-0.4, -0.2) is 29.9 Å². The van der Waals surface area contributed by atoms with Crippen LogP contribution in [0.1, 0.15) is 51.7 Å². The first-order valence-electron chi connectivity index (χ1n) is 9.92. The van der Waals surface area contributed by atoms with E-state index >= 15 is 0 Å². The molecule has 0 unspecified atom stereocenters. The summed E-state index contributed by atoms with van der Waals surface area (Å²) in [6, 6.07) is 7.62. The summed E-state index contributed by atoms with van der Waals surface area (Å²) in [5, 5.41) is 2.97. The van der Waals surface area contributed by atoms with E-state index in [0.29, 0.717) is 23.1 Å². The second-order valence-electron chi connectivity index (χ2n) is 6.96. The molecule has 1 amide bonds. The fourth-order valence-electron chi connectivity index (χ4n) is 3.06. The lowest BCUT2D eigenvalue weighted by Crippen LogP contribution is -2.22. The van der Waals surface area contributed by atoms with Gasteiger partial charge in [0, 0.05) is 23.6 Å². The van der Waals surface area contributed by atoms with Gasteiger partial charge in [-0.25, -0.2) is 9.59 Å². The van der Waals surface area contributed by atoms with Crippen molar-refractivity contribution in [2.75, 3.05) is 12.4 Å². The zero-order chi connectivity index (χ0) is 23.3. The smallest absolute Gasteiger partial charge is 0.349 e. The summed E-state index contributed by atoms with van der Waals surface area (Å²) in [4.78, 5) is 53.3. The van der Waals surface area contributed by atoms with Gasteiger partial charge in [0.05, 0.1) is 24.1 Å². The van der Waals surface area contributed by atoms with E-state index in [1.165, 1.54) is 31.5 Å². The highest BCUT2D eigenvalue weighted by atomic mass is 16.5. The highest BCUT2D eigenvalue weighted by molar-refractivity contribution is 6.08. The monoisotopic (exact) mass is 438 g/mol. The van der Waals surface area contributed by atoms with E-state index in [1.54, 1.807) is 19.1 Å². The molecular formula is C23H22N2O7.